The highest BCUT2D eigenvalue weighted by atomic mass is 32.2. The van der Waals surface area contributed by atoms with E-state index >= 15 is 0 Å². The Morgan fingerprint density at radius 1 is 1.38 bits per heavy atom. The Morgan fingerprint density at radius 2 is 1.95 bits per heavy atom. The molecule has 0 saturated carbocycles. The molecule has 0 fully saturated rings. The van der Waals surface area contributed by atoms with Crippen LogP contribution in [0.4, 0.5) is 5.69 Å². The molecule has 1 rings (SSSR count). The second kappa shape index (κ2) is 6.50. The van der Waals surface area contributed by atoms with Gasteiger partial charge in [0, 0.05) is 18.2 Å². The van der Waals surface area contributed by atoms with Crippen molar-refractivity contribution < 1.29 is 13.3 Å². The Morgan fingerprint density at radius 3 is 2.43 bits per heavy atom. The first-order chi connectivity index (χ1) is 9.61. The summed E-state index contributed by atoms with van der Waals surface area (Å²) in [6, 6.07) is 5.25. The van der Waals surface area contributed by atoms with Crippen LogP contribution < -0.4 is 10.5 Å². The first-order valence-corrected chi connectivity index (χ1v) is 8.07. The van der Waals surface area contributed by atoms with E-state index in [9.17, 15) is 18.5 Å². The van der Waals surface area contributed by atoms with Crippen molar-refractivity contribution in [3.8, 4) is 0 Å². The van der Waals surface area contributed by atoms with Crippen LogP contribution in [0, 0.1) is 16.0 Å². The molecule has 0 aliphatic rings. The molecule has 3 N–H and O–H groups in total. The molecule has 0 spiro atoms. The van der Waals surface area contributed by atoms with Crippen LogP contribution in [-0.2, 0) is 10.0 Å². The summed E-state index contributed by atoms with van der Waals surface area (Å²) in [6.45, 7) is 5.70. The Hall–Kier alpha value is -1.51. The molecular formula is C13H21N3O4S. The maximum Gasteiger partial charge on any atom is 0.289 e. The van der Waals surface area contributed by atoms with Gasteiger partial charge in [-0.15, -0.1) is 0 Å². The van der Waals surface area contributed by atoms with Crippen molar-refractivity contribution in [3.63, 3.8) is 0 Å². The van der Waals surface area contributed by atoms with Gasteiger partial charge < -0.3 is 5.73 Å². The van der Waals surface area contributed by atoms with Crippen LogP contribution in [0.2, 0.25) is 0 Å². The number of nitro benzene ring substituents is 1. The van der Waals surface area contributed by atoms with Gasteiger partial charge in [0.05, 0.1) is 4.92 Å². The fourth-order valence-corrected chi connectivity index (χ4v) is 3.88. The molecule has 0 saturated heterocycles. The highest BCUT2D eigenvalue weighted by Gasteiger charge is 2.33. The molecule has 7 nitrogen and oxygen atoms in total. The molecule has 0 aliphatic heterocycles. The van der Waals surface area contributed by atoms with E-state index in [1.54, 1.807) is 6.92 Å². The van der Waals surface area contributed by atoms with Gasteiger partial charge in [-0.2, -0.15) is 0 Å². The third kappa shape index (κ3) is 4.48. The van der Waals surface area contributed by atoms with E-state index in [1.165, 1.54) is 18.2 Å². The smallest absolute Gasteiger partial charge is 0.289 e. The number of nitro groups is 1. The van der Waals surface area contributed by atoms with Crippen LogP contribution in [0.3, 0.4) is 0 Å². The van der Waals surface area contributed by atoms with Crippen molar-refractivity contribution >= 4 is 15.7 Å². The minimum Gasteiger partial charge on any atom is -0.329 e. The third-order valence-corrected chi connectivity index (χ3v) is 4.73. The van der Waals surface area contributed by atoms with Crippen LogP contribution in [0.25, 0.3) is 0 Å². The molecule has 1 unspecified atom stereocenters. The number of benzene rings is 1. The average Bonchev–Trinajstić information content (AvgIpc) is 2.37. The van der Waals surface area contributed by atoms with Crippen molar-refractivity contribution in [1.29, 1.82) is 0 Å². The molecule has 0 radical (unpaired) electrons. The summed E-state index contributed by atoms with van der Waals surface area (Å²) in [5.74, 6) is 0.229. The second-order valence-electron chi connectivity index (χ2n) is 5.69. The third-order valence-electron chi connectivity index (χ3n) is 3.04. The van der Waals surface area contributed by atoms with E-state index < -0.39 is 26.2 Å². The number of nitrogens with two attached hydrogens (primary N) is 1. The molecular weight excluding hydrogens is 294 g/mol. The first kappa shape index (κ1) is 17.5. The number of rotatable bonds is 7. The van der Waals surface area contributed by atoms with E-state index in [1.807, 2.05) is 13.8 Å². The summed E-state index contributed by atoms with van der Waals surface area (Å²) in [7, 11) is -4.02. The lowest BCUT2D eigenvalue weighted by Crippen LogP contribution is -2.52. The quantitative estimate of drug-likeness (QED) is 0.586. The van der Waals surface area contributed by atoms with Gasteiger partial charge in [-0.1, -0.05) is 26.0 Å². The summed E-state index contributed by atoms with van der Waals surface area (Å²) in [6.07, 6.45) is 0.531. The summed E-state index contributed by atoms with van der Waals surface area (Å²) in [4.78, 5) is 9.91. The number of hydrogen-bond donors (Lipinski definition) is 2. The Balaban J connectivity index is 3.21. The van der Waals surface area contributed by atoms with Crippen molar-refractivity contribution in [2.24, 2.45) is 11.7 Å². The molecule has 21 heavy (non-hydrogen) atoms. The maximum absolute atomic E-state index is 12.4. The number of hydrogen-bond acceptors (Lipinski definition) is 5. The first-order valence-electron chi connectivity index (χ1n) is 6.59. The van der Waals surface area contributed by atoms with E-state index in [-0.39, 0.29) is 17.4 Å². The van der Waals surface area contributed by atoms with E-state index in [0.717, 1.165) is 6.07 Å². The minimum atomic E-state index is -4.02. The highest BCUT2D eigenvalue weighted by Crippen LogP contribution is 2.25. The fourth-order valence-electron chi connectivity index (χ4n) is 2.28. The standard InChI is InChI=1S/C13H21N3O4S/c1-10(2)8-13(3,9-14)15-21(19,20)12-7-5-4-6-11(12)16(17)18/h4-7,10,15H,8-9,14H2,1-3H3. The molecule has 0 bridgehead atoms. The van der Waals surface area contributed by atoms with Crippen LogP contribution in [0.1, 0.15) is 27.2 Å². The predicted octanol–water partition coefficient (Wildman–Crippen LogP) is 1.64. The largest absolute Gasteiger partial charge is 0.329 e. The average molecular weight is 315 g/mol. The summed E-state index contributed by atoms with van der Waals surface area (Å²) in [5.41, 5.74) is 4.38. The number of nitrogens with one attached hydrogen (secondary N) is 1. The molecule has 1 aromatic rings. The highest BCUT2D eigenvalue weighted by molar-refractivity contribution is 7.89. The number of nitrogens with zero attached hydrogens (tertiary/aromatic N) is 1. The minimum absolute atomic E-state index is 0.102. The lowest BCUT2D eigenvalue weighted by Gasteiger charge is -2.30. The maximum atomic E-state index is 12.4. The Bertz CT molecular complexity index is 616. The van der Waals surface area contributed by atoms with Gasteiger partial charge in [-0.05, 0) is 25.3 Å². The molecule has 8 heteroatoms. The van der Waals surface area contributed by atoms with Gasteiger partial charge >= 0.3 is 0 Å². The van der Waals surface area contributed by atoms with Gasteiger partial charge in [-0.3, -0.25) is 10.1 Å². The Labute approximate surface area is 124 Å². The van der Waals surface area contributed by atoms with Gasteiger partial charge in [0.2, 0.25) is 10.0 Å². The lowest BCUT2D eigenvalue weighted by atomic mass is 9.92. The van der Waals surface area contributed by atoms with Crippen LogP contribution >= 0.6 is 0 Å². The fraction of sp³-hybridized carbons (Fsp3) is 0.538. The second-order valence-corrected chi connectivity index (χ2v) is 7.34. The van der Waals surface area contributed by atoms with Gasteiger partial charge in [-0.25, -0.2) is 13.1 Å². The lowest BCUT2D eigenvalue weighted by molar-refractivity contribution is -0.387. The normalized spacial score (nSPS) is 14.9. The molecule has 1 aromatic carbocycles. The summed E-state index contributed by atoms with van der Waals surface area (Å²) in [5, 5.41) is 11.0. The van der Waals surface area contributed by atoms with Gasteiger partial charge in [0.25, 0.3) is 5.69 Å². The van der Waals surface area contributed by atoms with E-state index in [0.29, 0.717) is 6.42 Å². The van der Waals surface area contributed by atoms with Gasteiger partial charge in [0.15, 0.2) is 4.90 Å². The zero-order chi connectivity index (χ0) is 16.3. The monoisotopic (exact) mass is 315 g/mol. The van der Waals surface area contributed by atoms with Crippen molar-refractivity contribution in [1.82, 2.24) is 4.72 Å². The van der Waals surface area contributed by atoms with Crippen LogP contribution in [0.15, 0.2) is 29.2 Å². The molecule has 118 valence electrons. The summed E-state index contributed by atoms with van der Waals surface area (Å²) < 4.78 is 27.4. The summed E-state index contributed by atoms with van der Waals surface area (Å²) >= 11 is 0. The molecule has 0 amide bonds. The molecule has 0 aromatic heterocycles. The van der Waals surface area contributed by atoms with Crippen molar-refractivity contribution in [2.45, 2.75) is 37.6 Å². The zero-order valence-electron chi connectivity index (χ0n) is 12.4. The van der Waals surface area contributed by atoms with E-state index in [2.05, 4.69) is 4.72 Å². The number of sulfonamides is 1. The Kier molecular flexibility index (Phi) is 5.43. The SMILES string of the molecule is CC(C)CC(C)(CN)NS(=O)(=O)c1ccccc1[N+](=O)[O-]. The van der Waals surface area contributed by atoms with E-state index in [4.69, 9.17) is 5.73 Å². The molecule has 0 heterocycles. The van der Waals surface area contributed by atoms with Crippen LogP contribution in [-0.4, -0.2) is 25.4 Å². The van der Waals surface area contributed by atoms with Crippen LogP contribution in [0.5, 0.6) is 0 Å². The molecule has 0 aliphatic carbocycles. The van der Waals surface area contributed by atoms with Crippen molar-refractivity contribution in [3.05, 3.63) is 34.4 Å². The van der Waals surface area contributed by atoms with Gasteiger partial charge in [0.1, 0.15) is 0 Å². The van der Waals surface area contributed by atoms with Crippen molar-refractivity contribution in [2.75, 3.05) is 6.54 Å². The topological polar surface area (TPSA) is 115 Å². The number of para-hydroxylation sites is 1. The zero-order valence-corrected chi connectivity index (χ0v) is 13.2. The molecule has 1 atom stereocenters. The predicted molar refractivity (Wildman–Crippen MR) is 80.3 cm³/mol.